The van der Waals surface area contributed by atoms with E-state index in [9.17, 15) is 0 Å². The van der Waals surface area contributed by atoms with Crippen LogP contribution in [0.3, 0.4) is 0 Å². The highest BCUT2D eigenvalue weighted by Gasteiger charge is 2.53. The molecule has 0 bridgehead atoms. The molecule has 1 saturated heterocycles. The Morgan fingerprint density at radius 1 is 0.667 bits per heavy atom. The van der Waals surface area contributed by atoms with Crippen LogP contribution in [0.15, 0.2) is 30.3 Å². The Bertz CT molecular complexity index is 553. The van der Waals surface area contributed by atoms with E-state index in [0.717, 1.165) is 6.42 Å². The van der Waals surface area contributed by atoms with Gasteiger partial charge in [0.25, 0.3) is 0 Å². The maximum atomic E-state index is 6.42. The molecule has 1 heterocycles. The molecule has 0 amide bonds. The quantitative estimate of drug-likeness (QED) is 0.212. The van der Waals surface area contributed by atoms with Crippen LogP contribution in [-0.4, -0.2) is 18.3 Å². The maximum absolute atomic E-state index is 6.42. The Hall–Kier alpha value is -0.795. The minimum absolute atomic E-state index is 0.148. The normalized spacial score (nSPS) is 18.6. The summed E-state index contributed by atoms with van der Waals surface area (Å²) in [6.07, 6.45) is 17.8. The molecule has 2 nitrogen and oxygen atoms in total. The maximum Gasteiger partial charge on any atom is 0.465 e. The van der Waals surface area contributed by atoms with E-state index in [1.54, 1.807) is 0 Å². The van der Waals surface area contributed by atoms with Gasteiger partial charge in [0.1, 0.15) is 0 Å². The number of hydrogen-bond donors (Lipinski definition) is 0. The van der Waals surface area contributed by atoms with Gasteiger partial charge in [-0.1, -0.05) is 114 Å². The van der Waals surface area contributed by atoms with Crippen LogP contribution in [0.1, 0.15) is 129 Å². The van der Waals surface area contributed by atoms with Crippen LogP contribution >= 0.6 is 0 Å². The minimum Gasteiger partial charge on any atom is -0.403 e. The number of unbranched alkanes of at least 4 members (excludes halogenated alkanes) is 11. The summed E-state index contributed by atoms with van der Waals surface area (Å²) < 4.78 is 12.8. The van der Waals surface area contributed by atoms with Crippen molar-refractivity contribution in [2.75, 3.05) is 0 Å². The van der Waals surface area contributed by atoms with Crippen molar-refractivity contribution >= 4 is 7.12 Å². The molecule has 0 aliphatic carbocycles. The number of hydrogen-bond acceptors (Lipinski definition) is 2. The molecule has 1 aromatic carbocycles. The van der Waals surface area contributed by atoms with Crippen LogP contribution in [0.25, 0.3) is 0 Å². The zero-order valence-electron chi connectivity index (χ0n) is 20.6. The van der Waals surface area contributed by atoms with Gasteiger partial charge in [0.05, 0.1) is 11.2 Å². The van der Waals surface area contributed by atoms with Gasteiger partial charge in [-0.2, -0.15) is 0 Å². The van der Waals surface area contributed by atoms with Crippen LogP contribution < -0.4 is 0 Å². The molecular formula is C27H47BO2. The second kappa shape index (κ2) is 12.9. The van der Waals surface area contributed by atoms with Gasteiger partial charge in [-0.3, -0.25) is 0 Å². The van der Waals surface area contributed by atoms with Crippen molar-refractivity contribution in [1.29, 1.82) is 0 Å². The fourth-order valence-corrected chi connectivity index (χ4v) is 4.42. The van der Waals surface area contributed by atoms with Gasteiger partial charge in [-0.15, -0.1) is 0 Å². The Balaban J connectivity index is 1.69. The molecular weight excluding hydrogens is 367 g/mol. The molecule has 0 spiro atoms. The second-order valence-corrected chi connectivity index (χ2v) is 10.3. The predicted octanol–water partition coefficient (Wildman–Crippen LogP) is 8.49. The first-order valence-corrected chi connectivity index (χ1v) is 12.8. The first-order chi connectivity index (χ1) is 14.4. The van der Waals surface area contributed by atoms with Crippen molar-refractivity contribution in [2.24, 2.45) is 0 Å². The minimum atomic E-state index is -0.263. The van der Waals surface area contributed by atoms with Crippen LogP contribution in [0, 0.1) is 0 Å². The van der Waals surface area contributed by atoms with E-state index in [2.05, 4.69) is 65.0 Å². The third-order valence-electron chi connectivity index (χ3n) is 7.20. The van der Waals surface area contributed by atoms with Gasteiger partial charge in [0.15, 0.2) is 0 Å². The summed E-state index contributed by atoms with van der Waals surface area (Å²) in [6, 6.07) is 10.8. The lowest BCUT2D eigenvalue weighted by Gasteiger charge is -2.32. The van der Waals surface area contributed by atoms with Gasteiger partial charge < -0.3 is 9.31 Å². The Morgan fingerprint density at radius 3 is 1.57 bits per heavy atom. The monoisotopic (exact) mass is 414 g/mol. The van der Waals surface area contributed by atoms with Gasteiger partial charge in [-0.25, -0.2) is 0 Å². The average molecular weight is 414 g/mol. The zero-order valence-corrected chi connectivity index (χ0v) is 20.6. The summed E-state index contributed by atoms with van der Waals surface area (Å²) >= 11 is 0. The van der Waals surface area contributed by atoms with E-state index >= 15 is 0 Å². The first-order valence-electron chi connectivity index (χ1n) is 12.8. The molecule has 170 valence electrons. The molecule has 3 heteroatoms. The lowest BCUT2D eigenvalue weighted by Crippen LogP contribution is -2.41. The summed E-state index contributed by atoms with van der Waals surface area (Å²) in [5.74, 6) is 0.315. The zero-order chi connectivity index (χ0) is 21.9. The van der Waals surface area contributed by atoms with Gasteiger partial charge >= 0.3 is 7.12 Å². The summed E-state index contributed by atoms with van der Waals surface area (Å²) in [5, 5.41) is 0. The first kappa shape index (κ1) is 25.5. The van der Waals surface area contributed by atoms with Crippen molar-refractivity contribution in [3.63, 3.8) is 0 Å². The van der Waals surface area contributed by atoms with E-state index in [1.807, 2.05) is 0 Å². The van der Waals surface area contributed by atoms with E-state index in [4.69, 9.17) is 9.31 Å². The smallest absolute Gasteiger partial charge is 0.403 e. The third kappa shape index (κ3) is 8.04. The third-order valence-corrected chi connectivity index (χ3v) is 7.20. The molecule has 1 aliphatic heterocycles. The fraction of sp³-hybridized carbons (Fsp3) is 0.778. The molecule has 0 radical (unpaired) electrons. The number of benzene rings is 1. The molecule has 0 unspecified atom stereocenters. The standard InChI is InChI=1S/C27H47BO2/c1-6-7-8-9-10-11-12-13-14-15-16-20-23-25(24-21-18-17-19-22-24)28-29-26(2,3)27(4,5)30-28/h17-19,21-22,25H,6-16,20,23H2,1-5H3/t25-/m0/s1. The summed E-state index contributed by atoms with van der Waals surface area (Å²) in [7, 11) is -0.148. The van der Waals surface area contributed by atoms with Gasteiger partial charge in [0.2, 0.25) is 0 Å². The molecule has 2 rings (SSSR count). The Labute approximate surface area is 187 Å². The highest BCUT2D eigenvalue weighted by atomic mass is 16.7. The van der Waals surface area contributed by atoms with Crippen molar-refractivity contribution in [1.82, 2.24) is 0 Å². The van der Waals surface area contributed by atoms with Gasteiger partial charge in [-0.05, 0) is 39.7 Å². The highest BCUT2D eigenvalue weighted by Crippen LogP contribution is 2.42. The van der Waals surface area contributed by atoms with Gasteiger partial charge in [0, 0.05) is 5.82 Å². The average Bonchev–Trinajstić information content (AvgIpc) is 2.93. The molecule has 0 aromatic heterocycles. The van der Waals surface area contributed by atoms with Crippen molar-refractivity contribution in [3.05, 3.63) is 35.9 Å². The summed E-state index contributed by atoms with van der Waals surface area (Å²) in [6.45, 7) is 10.9. The molecule has 1 fully saturated rings. The van der Waals surface area contributed by atoms with E-state index < -0.39 is 0 Å². The van der Waals surface area contributed by atoms with Crippen molar-refractivity contribution in [3.8, 4) is 0 Å². The second-order valence-electron chi connectivity index (χ2n) is 10.3. The molecule has 0 saturated carbocycles. The van der Waals surface area contributed by atoms with Crippen molar-refractivity contribution in [2.45, 2.75) is 135 Å². The Kier molecular flexibility index (Phi) is 11.0. The SMILES string of the molecule is CCCCCCCCCCCCCC[C@H](B1OC(C)(C)C(C)(C)O1)c1ccccc1. The lowest BCUT2D eigenvalue weighted by molar-refractivity contribution is 0.00578. The molecule has 1 atom stereocenters. The highest BCUT2D eigenvalue weighted by molar-refractivity contribution is 6.47. The summed E-state index contributed by atoms with van der Waals surface area (Å²) in [4.78, 5) is 0. The van der Waals surface area contributed by atoms with Crippen LogP contribution in [0.5, 0.6) is 0 Å². The lowest BCUT2D eigenvalue weighted by atomic mass is 9.65. The largest absolute Gasteiger partial charge is 0.465 e. The molecule has 1 aromatic rings. The number of rotatable bonds is 15. The van der Waals surface area contributed by atoms with E-state index in [1.165, 1.54) is 82.6 Å². The predicted molar refractivity (Wildman–Crippen MR) is 131 cm³/mol. The van der Waals surface area contributed by atoms with Crippen LogP contribution in [-0.2, 0) is 9.31 Å². The molecule has 30 heavy (non-hydrogen) atoms. The molecule has 0 N–H and O–H groups in total. The topological polar surface area (TPSA) is 18.5 Å². The Morgan fingerprint density at radius 2 is 1.10 bits per heavy atom. The van der Waals surface area contributed by atoms with Crippen LogP contribution in [0.2, 0.25) is 0 Å². The van der Waals surface area contributed by atoms with E-state index in [-0.39, 0.29) is 18.3 Å². The molecule has 1 aliphatic rings. The fourth-order valence-electron chi connectivity index (χ4n) is 4.42. The summed E-state index contributed by atoms with van der Waals surface area (Å²) in [5.41, 5.74) is 0.821. The van der Waals surface area contributed by atoms with Crippen LogP contribution in [0.4, 0.5) is 0 Å². The van der Waals surface area contributed by atoms with E-state index in [0.29, 0.717) is 5.82 Å². The van der Waals surface area contributed by atoms with Crippen molar-refractivity contribution < 1.29 is 9.31 Å².